The number of hydrogen-bond acceptors (Lipinski definition) is 2. The number of hydrogen-bond donors (Lipinski definition) is 0. The largest absolute Gasteiger partial charge is 0.254 e. The van der Waals surface area contributed by atoms with E-state index in [4.69, 9.17) is 0 Å². The van der Waals surface area contributed by atoms with E-state index in [9.17, 15) is 0 Å². The smallest absolute Gasteiger partial charge is 0.0980 e. The van der Waals surface area contributed by atoms with Crippen LogP contribution < -0.4 is 0 Å². The predicted octanol–water partition coefficient (Wildman–Crippen LogP) is 2.58. The fourth-order valence-corrected chi connectivity index (χ4v) is 1.60. The maximum Gasteiger partial charge on any atom is 0.0980 e. The maximum absolute atomic E-state index is 4.33. The first-order valence-corrected chi connectivity index (χ1v) is 4.46. The van der Waals surface area contributed by atoms with Gasteiger partial charge in [0.2, 0.25) is 0 Å². The van der Waals surface area contributed by atoms with Crippen molar-refractivity contribution in [3.63, 3.8) is 0 Å². The van der Waals surface area contributed by atoms with Crippen LogP contribution in [0, 0.1) is 6.20 Å². The van der Waals surface area contributed by atoms with Crippen molar-refractivity contribution in [2.75, 3.05) is 0 Å². The molecule has 0 saturated heterocycles. The minimum atomic E-state index is 0.895. The van der Waals surface area contributed by atoms with Gasteiger partial charge in [-0.2, -0.15) is 0 Å². The molecule has 0 saturated carbocycles. The summed E-state index contributed by atoms with van der Waals surface area (Å²) in [5.74, 6) is 0. The van der Waals surface area contributed by atoms with Crippen molar-refractivity contribution < 1.29 is 0 Å². The Kier molecular flexibility index (Phi) is 1.47. The topological polar surface area (TPSA) is 25.8 Å². The van der Waals surface area contributed by atoms with E-state index in [0.29, 0.717) is 0 Å². The van der Waals surface area contributed by atoms with E-state index in [1.54, 1.807) is 6.20 Å². The van der Waals surface area contributed by atoms with Crippen molar-refractivity contribution in [3.8, 4) is 0 Å². The first-order chi connectivity index (χ1) is 6.95. The Hall–Kier alpha value is -1.96. The molecule has 65 valence electrons. The monoisotopic (exact) mass is 179 g/mol. The molecular weight excluding hydrogens is 172 g/mol. The Bertz CT molecular complexity index is 547. The maximum atomic E-state index is 4.33. The van der Waals surface area contributed by atoms with Gasteiger partial charge in [-0.15, -0.1) is 0 Å². The van der Waals surface area contributed by atoms with Crippen LogP contribution in [0.4, 0.5) is 0 Å². The second-order valence-corrected chi connectivity index (χ2v) is 3.14. The lowest BCUT2D eigenvalue weighted by Crippen LogP contribution is -1.84. The number of benzene rings is 1. The van der Waals surface area contributed by atoms with E-state index < -0.39 is 0 Å². The minimum absolute atomic E-state index is 0.895. The van der Waals surface area contributed by atoms with E-state index in [2.05, 4.69) is 16.2 Å². The Morgan fingerprint density at radius 1 is 1.00 bits per heavy atom. The summed E-state index contributed by atoms with van der Waals surface area (Å²) in [4.78, 5) is 8.55. The summed E-state index contributed by atoms with van der Waals surface area (Å²) in [6, 6.07) is 11.9. The Morgan fingerprint density at radius 3 is 2.93 bits per heavy atom. The molecular formula is C12H7N2. The second-order valence-electron chi connectivity index (χ2n) is 3.14. The van der Waals surface area contributed by atoms with Crippen LogP contribution in [0.1, 0.15) is 0 Å². The van der Waals surface area contributed by atoms with Crippen molar-refractivity contribution >= 4 is 21.8 Å². The molecule has 2 heteroatoms. The van der Waals surface area contributed by atoms with Crippen molar-refractivity contribution in [2.24, 2.45) is 0 Å². The van der Waals surface area contributed by atoms with E-state index in [0.717, 1.165) is 21.8 Å². The van der Waals surface area contributed by atoms with Gasteiger partial charge in [0.05, 0.1) is 17.2 Å². The third-order valence-electron chi connectivity index (χ3n) is 2.27. The van der Waals surface area contributed by atoms with Gasteiger partial charge in [-0.3, -0.25) is 4.98 Å². The summed E-state index contributed by atoms with van der Waals surface area (Å²) in [5, 5.41) is 2.12. The number of aromatic nitrogens is 2. The summed E-state index contributed by atoms with van der Waals surface area (Å²) in [5.41, 5.74) is 1.84. The van der Waals surface area contributed by atoms with Crippen LogP contribution in [-0.4, -0.2) is 9.97 Å². The summed E-state index contributed by atoms with van der Waals surface area (Å²) < 4.78 is 0. The molecule has 0 bridgehead atoms. The van der Waals surface area contributed by atoms with Crippen LogP contribution in [0.15, 0.2) is 42.6 Å². The molecule has 2 aromatic heterocycles. The number of pyridine rings is 2. The molecule has 0 amide bonds. The quantitative estimate of drug-likeness (QED) is 0.496. The van der Waals surface area contributed by atoms with Gasteiger partial charge in [0.15, 0.2) is 0 Å². The molecule has 0 spiro atoms. The highest BCUT2D eigenvalue weighted by Gasteiger charge is 2.00. The minimum Gasteiger partial charge on any atom is -0.254 e. The predicted molar refractivity (Wildman–Crippen MR) is 55.9 cm³/mol. The van der Waals surface area contributed by atoms with Crippen LogP contribution in [0.3, 0.4) is 0 Å². The highest BCUT2D eigenvalue weighted by atomic mass is 14.7. The zero-order valence-corrected chi connectivity index (χ0v) is 7.44. The molecule has 3 aromatic rings. The van der Waals surface area contributed by atoms with Gasteiger partial charge >= 0.3 is 0 Å². The van der Waals surface area contributed by atoms with Gasteiger partial charge in [0.1, 0.15) is 0 Å². The van der Waals surface area contributed by atoms with E-state index in [1.807, 2.05) is 36.4 Å². The molecule has 0 unspecified atom stereocenters. The van der Waals surface area contributed by atoms with Crippen molar-refractivity contribution in [3.05, 3.63) is 48.8 Å². The molecule has 0 N–H and O–H groups in total. The highest BCUT2D eigenvalue weighted by Crippen LogP contribution is 2.19. The Labute approximate surface area is 81.2 Å². The first-order valence-electron chi connectivity index (χ1n) is 4.46. The summed E-state index contributed by atoms with van der Waals surface area (Å²) in [6.45, 7) is 0. The van der Waals surface area contributed by atoms with Crippen LogP contribution in [0.5, 0.6) is 0 Å². The molecule has 3 rings (SSSR count). The Balaban J connectivity index is 2.61. The second kappa shape index (κ2) is 2.77. The molecule has 0 aliphatic carbocycles. The summed E-state index contributed by atoms with van der Waals surface area (Å²) in [6.07, 6.45) is 4.79. The molecule has 0 atom stereocenters. The molecule has 2 nitrogen and oxygen atoms in total. The molecule has 1 radical (unpaired) electrons. The van der Waals surface area contributed by atoms with Gasteiger partial charge < -0.3 is 0 Å². The molecule has 0 aliphatic heterocycles. The average Bonchev–Trinajstić information content (AvgIpc) is 2.29. The third-order valence-corrected chi connectivity index (χ3v) is 2.27. The van der Waals surface area contributed by atoms with E-state index in [1.165, 1.54) is 0 Å². The highest BCUT2D eigenvalue weighted by molar-refractivity contribution is 6.02. The normalized spacial score (nSPS) is 10.9. The zero-order valence-electron chi connectivity index (χ0n) is 7.44. The van der Waals surface area contributed by atoms with Gasteiger partial charge in [-0.05, 0) is 12.1 Å². The number of nitrogens with zero attached hydrogens (tertiary/aromatic N) is 2. The zero-order chi connectivity index (χ0) is 9.38. The summed E-state index contributed by atoms with van der Waals surface area (Å²) >= 11 is 0. The molecule has 0 aliphatic rings. The van der Waals surface area contributed by atoms with Crippen molar-refractivity contribution in [1.82, 2.24) is 9.97 Å². The first kappa shape index (κ1) is 7.44. The van der Waals surface area contributed by atoms with Gasteiger partial charge in [-0.1, -0.05) is 24.3 Å². The van der Waals surface area contributed by atoms with Gasteiger partial charge in [-0.25, -0.2) is 4.98 Å². The van der Waals surface area contributed by atoms with Crippen LogP contribution in [0.2, 0.25) is 0 Å². The number of rotatable bonds is 0. The van der Waals surface area contributed by atoms with E-state index >= 15 is 0 Å². The van der Waals surface area contributed by atoms with Crippen LogP contribution >= 0.6 is 0 Å². The van der Waals surface area contributed by atoms with Gasteiger partial charge in [0.25, 0.3) is 0 Å². The fourth-order valence-electron chi connectivity index (χ4n) is 1.60. The van der Waals surface area contributed by atoms with E-state index in [-0.39, 0.29) is 0 Å². The number of fused-ring (bicyclic) bond motifs is 3. The average molecular weight is 179 g/mol. The Morgan fingerprint density at radius 2 is 1.93 bits per heavy atom. The van der Waals surface area contributed by atoms with Crippen molar-refractivity contribution in [2.45, 2.75) is 0 Å². The van der Waals surface area contributed by atoms with Crippen LogP contribution in [0.25, 0.3) is 21.8 Å². The molecule has 1 aromatic carbocycles. The van der Waals surface area contributed by atoms with Crippen LogP contribution in [-0.2, 0) is 0 Å². The molecule has 0 fully saturated rings. The standard InChI is InChI=1S/C12H7N2/c1-2-5-10-9(4-1)8-14-11-6-3-7-13-12(10)11/h1-7H. The lowest BCUT2D eigenvalue weighted by Gasteiger charge is -1.99. The van der Waals surface area contributed by atoms with Gasteiger partial charge in [0, 0.05) is 17.0 Å². The van der Waals surface area contributed by atoms with Crippen molar-refractivity contribution in [1.29, 1.82) is 0 Å². The molecule has 14 heavy (non-hydrogen) atoms. The SMILES string of the molecule is [c]1nc2cccnc2c2ccccc12. The lowest BCUT2D eigenvalue weighted by atomic mass is 10.1. The lowest BCUT2D eigenvalue weighted by molar-refractivity contribution is 1.35. The third kappa shape index (κ3) is 0.973. The molecule has 2 heterocycles. The summed E-state index contributed by atoms with van der Waals surface area (Å²) in [7, 11) is 0. The fraction of sp³-hybridized carbons (Fsp3) is 0.